The fourth-order valence-corrected chi connectivity index (χ4v) is 3.93. The Morgan fingerprint density at radius 1 is 0.971 bits per heavy atom. The van der Waals surface area contributed by atoms with Crippen LogP contribution in [0, 0.1) is 11.6 Å². The number of ketones is 1. The van der Waals surface area contributed by atoms with Crippen LogP contribution in [0.3, 0.4) is 0 Å². The topological polar surface area (TPSA) is 70.1 Å². The summed E-state index contributed by atoms with van der Waals surface area (Å²) in [6.07, 6.45) is 0. The number of hydrogen-bond donors (Lipinski definition) is 1. The Bertz CT molecular complexity index is 1300. The van der Waals surface area contributed by atoms with Gasteiger partial charge in [-0.3, -0.25) is 14.5 Å². The van der Waals surface area contributed by atoms with Crippen molar-refractivity contribution in [2.45, 2.75) is 6.04 Å². The first kappa shape index (κ1) is 23.0. The number of benzene rings is 3. The Kier molecular flexibility index (Phi) is 6.06. The van der Waals surface area contributed by atoms with E-state index >= 15 is 0 Å². The van der Waals surface area contributed by atoms with Crippen LogP contribution in [0.4, 0.5) is 20.2 Å². The fraction of sp³-hybridized carbons (Fsp3) is 0.154. The van der Waals surface area contributed by atoms with Gasteiger partial charge in [-0.1, -0.05) is 24.3 Å². The number of nitrogens with zero attached hydrogens (tertiary/aromatic N) is 2. The molecule has 0 aliphatic carbocycles. The first-order valence-corrected chi connectivity index (χ1v) is 10.4. The average molecular weight is 464 g/mol. The average Bonchev–Trinajstić information content (AvgIpc) is 3.10. The molecule has 174 valence electrons. The molecule has 1 amide bonds. The molecular formula is C26H22F2N2O4. The Balaban J connectivity index is 1.94. The highest BCUT2D eigenvalue weighted by Crippen LogP contribution is 2.43. The zero-order chi connectivity index (χ0) is 24.6. The Morgan fingerprint density at radius 3 is 2.29 bits per heavy atom. The molecule has 1 aliphatic rings. The third kappa shape index (κ3) is 3.98. The molecule has 1 atom stereocenters. The molecule has 4 rings (SSSR count). The van der Waals surface area contributed by atoms with E-state index < -0.39 is 35.1 Å². The van der Waals surface area contributed by atoms with Crippen LogP contribution in [-0.4, -0.2) is 38.0 Å². The highest BCUT2D eigenvalue weighted by atomic mass is 19.2. The monoisotopic (exact) mass is 464 g/mol. The van der Waals surface area contributed by atoms with Gasteiger partial charge >= 0.3 is 0 Å². The molecule has 0 bridgehead atoms. The van der Waals surface area contributed by atoms with Crippen molar-refractivity contribution in [2.24, 2.45) is 0 Å². The van der Waals surface area contributed by atoms with E-state index in [1.165, 1.54) is 19.2 Å². The van der Waals surface area contributed by atoms with Crippen LogP contribution < -0.4 is 14.5 Å². The lowest BCUT2D eigenvalue weighted by atomic mass is 9.95. The van der Waals surface area contributed by atoms with Gasteiger partial charge in [0.05, 0.1) is 18.7 Å². The molecule has 1 saturated heterocycles. The van der Waals surface area contributed by atoms with Gasteiger partial charge in [0.1, 0.15) is 11.5 Å². The smallest absolute Gasteiger partial charge is 0.300 e. The van der Waals surface area contributed by atoms with Crippen molar-refractivity contribution in [3.8, 4) is 5.75 Å². The normalized spacial score (nSPS) is 17.2. The number of carbonyl (C=O) groups excluding carboxylic acids is 2. The second-order valence-corrected chi connectivity index (χ2v) is 7.99. The summed E-state index contributed by atoms with van der Waals surface area (Å²) in [6.45, 7) is 0. The van der Waals surface area contributed by atoms with Crippen molar-refractivity contribution in [1.29, 1.82) is 0 Å². The molecule has 6 nitrogen and oxygen atoms in total. The summed E-state index contributed by atoms with van der Waals surface area (Å²) in [4.78, 5) is 29.2. The molecule has 34 heavy (non-hydrogen) atoms. The van der Waals surface area contributed by atoms with Gasteiger partial charge in [-0.2, -0.15) is 0 Å². The molecule has 0 spiro atoms. The van der Waals surface area contributed by atoms with Crippen molar-refractivity contribution in [2.75, 3.05) is 31.0 Å². The Labute approximate surface area is 195 Å². The summed E-state index contributed by atoms with van der Waals surface area (Å²) in [5.41, 5.74) is 1.49. The zero-order valence-corrected chi connectivity index (χ0v) is 18.8. The molecule has 0 aromatic heterocycles. The third-order valence-corrected chi connectivity index (χ3v) is 5.69. The molecule has 1 N–H and O–H groups in total. The van der Waals surface area contributed by atoms with Gasteiger partial charge in [-0.15, -0.1) is 0 Å². The summed E-state index contributed by atoms with van der Waals surface area (Å²) in [5, 5.41) is 11.1. The number of carbonyl (C=O) groups is 2. The SMILES string of the molecule is COc1cccc(/C(O)=C2\C(=O)C(=O)N(c3ccc(F)c(F)c3)C2c2ccc(N(C)C)cc2)c1. The van der Waals surface area contributed by atoms with Crippen molar-refractivity contribution in [1.82, 2.24) is 0 Å². The number of Topliss-reactive ketones (excluding diaryl/α,β-unsaturated/α-hetero) is 1. The van der Waals surface area contributed by atoms with Crippen LogP contribution in [0.15, 0.2) is 72.3 Å². The van der Waals surface area contributed by atoms with E-state index in [2.05, 4.69) is 0 Å². The van der Waals surface area contributed by atoms with E-state index in [9.17, 15) is 23.5 Å². The largest absolute Gasteiger partial charge is 0.507 e. The minimum Gasteiger partial charge on any atom is -0.507 e. The number of anilines is 2. The second kappa shape index (κ2) is 8.97. The second-order valence-electron chi connectivity index (χ2n) is 7.99. The minimum absolute atomic E-state index is 0.00706. The van der Waals surface area contributed by atoms with Gasteiger partial charge in [0.25, 0.3) is 11.7 Å². The molecule has 3 aromatic carbocycles. The molecule has 8 heteroatoms. The number of aliphatic hydroxyl groups is 1. The third-order valence-electron chi connectivity index (χ3n) is 5.69. The van der Waals surface area contributed by atoms with Crippen molar-refractivity contribution < 1.29 is 28.2 Å². The number of ether oxygens (including phenoxy) is 1. The minimum atomic E-state index is -1.16. The van der Waals surface area contributed by atoms with E-state index in [1.807, 2.05) is 19.0 Å². The van der Waals surface area contributed by atoms with Gasteiger partial charge in [0.2, 0.25) is 0 Å². The molecule has 3 aromatic rings. The van der Waals surface area contributed by atoms with Crippen LogP contribution >= 0.6 is 0 Å². The first-order valence-electron chi connectivity index (χ1n) is 10.4. The lowest BCUT2D eigenvalue weighted by molar-refractivity contribution is -0.132. The number of amides is 1. The van der Waals surface area contributed by atoms with Crippen LogP contribution in [0.2, 0.25) is 0 Å². The van der Waals surface area contributed by atoms with E-state index in [-0.39, 0.29) is 16.8 Å². The highest BCUT2D eigenvalue weighted by molar-refractivity contribution is 6.51. The number of hydrogen-bond acceptors (Lipinski definition) is 5. The predicted molar refractivity (Wildman–Crippen MR) is 125 cm³/mol. The first-order chi connectivity index (χ1) is 16.2. The van der Waals surface area contributed by atoms with E-state index in [0.717, 1.165) is 22.7 Å². The summed E-state index contributed by atoms with van der Waals surface area (Å²) < 4.78 is 32.8. The van der Waals surface area contributed by atoms with Crippen LogP contribution in [0.1, 0.15) is 17.2 Å². The van der Waals surface area contributed by atoms with Gasteiger partial charge in [-0.05, 0) is 42.0 Å². The number of rotatable bonds is 5. The molecule has 1 aliphatic heterocycles. The number of aliphatic hydroxyl groups excluding tert-OH is 1. The maximum Gasteiger partial charge on any atom is 0.300 e. The van der Waals surface area contributed by atoms with E-state index in [0.29, 0.717) is 11.3 Å². The molecule has 1 fully saturated rings. The van der Waals surface area contributed by atoms with Crippen molar-refractivity contribution in [3.63, 3.8) is 0 Å². The quantitative estimate of drug-likeness (QED) is 0.338. The summed E-state index contributed by atoms with van der Waals surface area (Å²) >= 11 is 0. The summed E-state index contributed by atoms with van der Waals surface area (Å²) in [7, 11) is 5.20. The Morgan fingerprint density at radius 2 is 1.68 bits per heavy atom. The maximum atomic E-state index is 14.1. The van der Waals surface area contributed by atoms with Gasteiger partial charge < -0.3 is 14.7 Å². The zero-order valence-electron chi connectivity index (χ0n) is 18.8. The maximum absolute atomic E-state index is 14.1. The van der Waals surface area contributed by atoms with Gasteiger partial charge in [0.15, 0.2) is 11.6 Å². The standard InChI is InChI=1S/C26H22F2N2O4/c1-29(2)17-9-7-15(8-10-17)23-22(24(31)16-5-4-6-19(13-16)34-3)25(32)26(33)30(23)18-11-12-20(27)21(28)14-18/h4-14,23,31H,1-3H3/b24-22+. The molecule has 0 radical (unpaired) electrons. The molecule has 1 heterocycles. The van der Waals surface area contributed by atoms with Crippen molar-refractivity contribution >= 4 is 28.8 Å². The summed E-state index contributed by atoms with van der Waals surface area (Å²) in [6, 6.07) is 15.4. The molecule has 0 saturated carbocycles. The van der Waals surface area contributed by atoms with Crippen LogP contribution in [-0.2, 0) is 9.59 Å². The molecule has 1 unspecified atom stereocenters. The van der Waals surface area contributed by atoms with Crippen LogP contribution in [0.25, 0.3) is 5.76 Å². The highest BCUT2D eigenvalue weighted by Gasteiger charge is 2.47. The molecular weight excluding hydrogens is 442 g/mol. The lowest BCUT2D eigenvalue weighted by Crippen LogP contribution is -2.29. The number of methoxy groups -OCH3 is 1. The van der Waals surface area contributed by atoms with Crippen LogP contribution in [0.5, 0.6) is 5.75 Å². The van der Waals surface area contributed by atoms with E-state index in [4.69, 9.17) is 4.74 Å². The fourth-order valence-electron chi connectivity index (χ4n) is 3.93. The van der Waals surface area contributed by atoms with Gasteiger partial charge in [0, 0.05) is 37.1 Å². The van der Waals surface area contributed by atoms with E-state index in [1.54, 1.807) is 42.5 Å². The predicted octanol–water partition coefficient (Wildman–Crippen LogP) is 4.67. The summed E-state index contributed by atoms with van der Waals surface area (Å²) in [5.74, 6) is -4.09. The Hall–Kier alpha value is -4.20. The number of halogens is 2. The lowest BCUT2D eigenvalue weighted by Gasteiger charge is -2.26. The van der Waals surface area contributed by atoms with Gasteiger partial charge in [-0.25, -0.2) is 8.78 Å². The van der Waals surface area contributed by atoms with Crippen molar-refractivity contribution in [3.05, 3.63) is 95.1 Å².